The third kappa shape index (κ3) is 7.24. The number of aliphatic hydroxyl groups is 2. The van der Waals surface area contributed by atoms with Gasteiger partial charge >= 0.3 is 0 Å². The minimum atomic E-state index is -0.212. The average molecular weight is 459 g/mol. The zero-order valence-corrected chi connectivity index (χ0v) is 20.6. The fourth-order valence-electron chi connectivity index (χ4n) is 4.97. The first-order valence-corrected chi connectivity index (χ1v) is 12.7. The Hall–Kier alpha value is -1.99. The molecule has 1 unspecified atom stereocenters. The average Bonchev–Trinajstić information content (AvgIpc) is 2.81. The molecule has 1 heterocycles. The number of rotatable bonds is 9. The van der Waals surface area contributed by atoms with E-state index in [0.29, 0.717) is 24.4 Å². The monoisotopic (exact) mass is 458 g/mol. The van der Waals surface area contributed by atoms with Crippen molar-refractivity contribution >= 4 is 17.4 Å². The summed E-state index contributed by atoms with van der Waals surface area (Å²) in [5, 5.41) is 23.1. The van der Waals surface area contributed by atoms with E-state index >= 15 is 0 Å². The first kappa shape index (κ1) is 25.6. The highest BCUT2D eigenvalue weighted by Crippen LogP contribution is 2.35. The molecule has 0 bridgehead atoms. The maximum Gasteiger partial charge on any atom is 0.223 e. The lowest BCUT2D eigenvalue weighted by Crippen LogP contribution is -2.25. The fraction of sp³-hybridized carbons (Fsp3) is 0.731. The molecular formula is C26H42N4O3. The quantitative estimate of drug-likeness (QED) is 0.370. The van der Waals surface area contributed by atoms with Crippen LogP contribution in [0.3, 0.4) is 0 Å². The normalized spacial score (nSPS) is 27.1. The van der Waals surface area contributed by atoms with E-state index in [9.17, 15) is 10.2 Å². The molecule has 2 aliphatic carbocycles. The molecule has 3 rings (SSSR count). The van der Waals surface area contributed by atoms with E-state index in [2.05, 4.69) is 35.7 Å². The summed E-state index contributed by atoms with van der Waals surface area (Å²) in [5.74, 6) is 1.85. The lowest BCUT2D eigenvalue weighted by molar-refractivity contribution is 0.0897. The maximum absolute atomic E-state index is 9.94. The minimum absolute atomic E-state index is 0.173. The summed E-state index contributed by atoms with van der Waals surface area (Å²) in [7, 11) is 1.74. The molecule has 3 N–H and O–H groups in total. The van der Waals surface area contributed by atoms with Gasteiger partial charge in [0, 0.05) is 19.3 Å². The third-order valence-corrected chi connectivity index (χ3v) is 7.09. The van der Waals surface area contributed by atoms with Gasteiger partial charge in [-0.1, -0.05) is 19.9 Å². The molecule has 2 fully saturated rings. The minimum Gasteiger partial charge on any atom is -0.477 e. The number of hydrogen-bond donors (Lipinski definition) is 3. The maximum atomic E-state index is 9.94. The van der Waals surface area contributed by atoms with Gasteiger partial charge < -0.3 is 20.3 Å². The van der Waals surface area contributed by atoms with Crippen molar-refractivity contribution < 1.29 is 14.9 Å². The predicted molar refractivity (Wildman–Crippen MR) is 133 cm³/mol. The zero-order valence-electron chi connectivity index (χ0n) is 20.6. The summed E-state index contributed by atoms with van der Waals surface area (Å²) in [5.41, 5.74) is 2.53. The number of aliphatic hydroxyl groups excluding tert-OH is 2. The van der Waals surface area contributed by atoms with Gasteiger partial charge in [-0.2, -0.15) is 0 Å². The van der Waals surface area contributed by atoms with Gasteiger partial charge in [-0.3, -0.25) is 4.99 Å². The molecule has 1 aromatic heterocycles. The van der Waals surface area contributed by atoms with E-state index < -0.39 is 0 Å². The van der Waals surface area contributed by atoms with Crippen LogP contribution in [0.1, 0.15) is 89.3 Å². The van der Waals surface area contributed by atoms with Crippen LogP contribution in [0.15, 0.2) is 17.8 Å². The zero-order chi connectivity index (χ0) is 23.8. The Bertz CT molecular complexity index is 797. The van der Waals surface area contributed by atoms with Crippen LogP contribution in [0.4, 0.5) is 5.95 Å². The number of aliphatic imine (C=N–C) groups is 1. The Morgan fingerprint density at radius 3 is 2.39 bits per heavy atom. The number of anilines is 1. The molecule has 0 amide bonds. The number of hydrogen-bond acceptors (Lipinski definition) is 7. The Kier molecular flexibility index (Phi) is 9.68. The van der Waals surface area contributed by atoms with Crippen molar-refractivity contribution in [1.82, 2.24) is 9.97 Å². The van der Waals surface area contributed by atoms with Gasteiger partial charge in [-0.05, 0) is 82.1 Å². The van der Waals surface area contributed by atoms with Gasteiger partial charge in [-0.15, -0.1) is 0 Å². The lowest BCUT2D eigenvalue weighted by atomic mass is 9.81. The summed E-state index contributed by atoms with van der Waals surface area (Å²) in [4.78, 5) is 13.9. The van der Waals surface area contributed by atoms with Crippen molar-refractivity contribution in [3.8, 4) is 0 Å². The van der Waals surface area contributed by atoms with E-state index in [4.69, 9.17) is 9.72 Å². The van der Waals surface area contributed by atoms with Crippen molar-refractivity contribution in [1.29, 1.82) is 0 Å². The van der Waals surface area contributed by atoms with Crippen molar-refractivity contribution in [3.63, 3.8) is 0 Å². The molecule has 0 radical (unpaired) electrons. The van der Waals surface area contributed by atoms with E-state index in [-0.39, 0.29) is 24.2 Å². The summed E-state index contributed by atoms with van der Waals surface area (Å²) in [6.45, 7) is 9.31. The third-order valence-electron chi connectivity index (χ3n) is 7.09. The van der Waals surface area contributed by atoms with Crippen LogP contribution < -0.4 is 5.32 Å². The molecule has 1 aromatic rings. The number of aromatic nitrogens is 2. The van der Waals surface area contributed by atoms with E-state index in [1.807, 2.05) is 0 Å². The van der Waals surface area contributed by atoms with Crippen LogP contribution >= 0.6 is 0 Å². The van der Waals surface area contributed by atoms with Gasteiger partial charge in [0.05, 0.1) is 30.1 Å². The largest absolute Gasteiger partial charge is 0.477 e. The van der Waals surface area contributed by atoms with Crippen LogP contribution in [0.2, 0.25) is 0 Å². The molecule has 0 aromatic carbocycles. The van der Waals surface area contributed by atoms with Gasteiger partial charge in [-0.25, -0.2) is 9.97 Å². The first-order valence-electron chi connectivity index (χ1n) is 12.7. The van der Waals surface area contributed by atoms with E-state index in [1.165, 1.54) is 0 Å². The number of ether oxygens (including phenoxy) is 1. The fourth-order valence-corrected chi connectivity index (χ4v) is 4.97. The molecule has 184 valence electrons. The molecule has 1 atom stereocenters. The van der Waals surface area contributed by atoms with Crippen molar-refractivity contribution in [2.24, 2.45) is 16.8 Å². The highest BCUT2D eigenvalue weighted by molar-refractivity contribution is 5.98. The Labute approximate surface area is 198 Å². The molecule has 0 saturated heterocycles. The molecule has 0 spiro atoms. The molecular weight excluding hydrogens is 416 g/mol. The molecule has 2 aliphatic rings. The van der Waals surface area contributed by atoms with E-state index in [0.717, 1.165) is 81.0 Å². The van der Waals surface area contributed by atoms with Crippen LogP contribution in [-0.2, 0) is 4.74 Å². The van der Waals surface area contributed by atoms with Crippen molar-refractivity contribution in [2.45, 2.75) is 96.3 Å². The highest BCUT2D eigenvalue weighted by Gasteiger charge is 2.27. The summed E-state index contributed by atoms with van der Waals surface area (Å²) in [6.07, 6.45) is 10.6. The highest BCUT2D eigenvalue weighted by atomic mass is 16.5. The molecule has 33 heavy (non-hydrogen) atoms. The van der Waals surface area contributed by atoms with E-state index in [1.54, 1.807) is 13.2 Å². The summed E-state index contributed by atoms with van der Waals surface area (Å²) in [6, 6.07) is 0.281. The molecule has 0 aliphatic heterocycles. The Morgan fingerprint density at radius 2 is 1.79 bits per heavy atom. The Balaban J connectivity index is 1.80. The molecule has 7 nitrogen and oxygen atoms in total. The summed E-state index contributed by atoms with van der Waals surface area (Å²) < 4.78 is 6.19. The molecule has 7 heteroatoms. The van der Waals surface area contributed by atoms with Crippen LogP contribution in [0, 0.1) is 11.8 Å². The van der Waals surface area contributed by atoms with Gasteiger partial charge in [0.1, 0.15) is 0 Å². The van der Waals surface area contributed by atoms with Crippen LogP contribution in [0.5, 0.6) is 0 Å². The standard InChI is InChI=1S/C26H42N4O3/c1-5-6-17(2)29-26-28-15-23(24(30-26)18(3)20-9-13-22(32)14-10-20)25(27-4)33-16-19-7-11-21(31)12-8-19/h15,17,19-22,31-32H,3,5-14,16H2,1-2,4H3,(H,28,29,30). The number of allylic oxidation sites excluding steroid dienone is 1. The molecule has 2 saturated carbocycles. The van der Waals surface area contributed by atoms with Crippen molar-refractivity contribution in [3.05, 3.63) is 24.0 Å². The second-order valence-corrected chi connectivity index (χ2v) is 9.83. The topological polar surface area (TPSA) is 99.9 Å². The Morgan fingerprint density at radius 1 is 1.15 bits per heavy atom. The second-order valence-electron chi connectivity index (χ2n) is 9.83. The van der Waals surface area contributed by atoms with Crippen LogP contribution in [-0.4, -0.2) is 58.0 Å². The van der Waals surface area contributed by atoms with Gasteiger partial charge in [0.15, 0.2) is 0 Å². The smallest absolute Gasteiger partial charge is 0.223 e. The second kappa shape index (κ2) is 12.5. The number of nitrogens with one attached hydrogen (secondary N) is 1. The lowest BCUT2D eigenvalue weighted by Gasteiger charge is -2.28. The first-order chi connectivity index (χ1) is 15.9. The SMILES string of the molecule is C=C(c1nc(NC(C)CCC)ncc1C(=NC)OCC1CCC(O)CC1)C1CCC(O)CC1. The predicted octanol–water partition coefficient (Wildman–Crippen LogP) is 4.59. The summed E-state index contributed by atoms with van der Waals surface area (Å²) >= 11 is 0. The van der Waals surface area contributed by atoms with Crippen LogP contribution in [0.25, 0.3) is 5.57 Å². The number of nitrogens with zero attached hydrogens (tertiary/aromatic N) is 3. The van der Waals surface area contributed by atoms with Crippen molar-refractivity contribution in [2.75, 3.05) is 19.0 Å². The van der Waals surface area contributed by atoms with Gasteiger partial charge in [0.25, 0.3) is 0 Å². The van der Waals surface area contributed by atoms with Gasteiger partial charge in [0.2, 0.25) is 11.8 Å².